The standard InChI is InChI=1S/C17H17Cl2NO3/c1-21-13-7-5-12(6-8-13)20-16(17(20,18)19)11-4-9-14(22-2)15(10-11)23-3/h4-10,16H,1-3H3. The minimum absolute atomic E-state index is 0.154. The van der Waals surface area contributed by atoms with Crippen molar-refractivity contribution >= 4 is 28.9 Å². The van der Waals surface area contributed by atoms with Crippen LogP contribution in [0, 0.1) is 0 Å². The normalized spacial score (nSPS) is 18.5. The summed E-state index contributed by atoms with van der Waals surface area (Å²) in [6, 6.07) is 13.1. The van der Waals surface area contributed by atoms with Crippen molar-refractivity contribution in [1.29, 1.82) is 0 Å². The lowest BCUT2D eigenvalue weighted by Crippen LogP contribution is -2.00. The van der Waals surface area contributed by atoms with Gasteiger partial charge in [0.1, 0.15) is 11.8 Å². The summed E-state index contributed by atoms with van der Waals surface area (Å²) in [6.45, 7) is 0. The molecule has 0 aliphatic carbocycles. The quantitative estimate of drug-likeness (QED) is 0.452. The van der Waals surface area contributed by atoms with Gasteiger partial charge in [-0.25, -0.2) is 0 Å². The molecule has 0 saturated carbocycles. The van der Waals surface area contributed by atoms with E-state index in [1.807, 2.05) is 47.4 Å². The molecule has 0 spiro atoms. The number of ether oxygens (including phenoxy) is 3. The Labute approximate surface area is 145 Å². The summed E-state index contributed by atoms with van der Waals surface area (Å²) < 4.78 is 14.8. The first-order chi connectivity index (χ1) is 11.0. The lowest BCUT2D eigenvalue weighted by molar-refractivity contribution is 0.354. The van der Waals surface area contributed by atoms with Gasteiger partial charge in [0, 0.05) is 5.69 Å². The average Bonchev–Trinajstić information content (AvgIpc) is 3.16. The highest BCUT2D eigenvalue weighted by molar-refractivity contribution is 6.53. The summed E-state index contributed by atoms with van der Waals surface area (Å²) >= 11 is 12.9. The van der Waals surface area contributed by atoms with E-state index in [2.05, 4.69) is 0 Å². The topological polar surface area (TPSA) is 30.7 Å². The molecule has 2 aromatic rings. The van der Waals surface area contributed by atoms with E-state index in [1.54, 1.807) is 21.3 Å². The number of anilines is 1. The molecule has 122 valence electrons. The molecular weight excluding hydrogens is 337 g/mol. The van der Waals surface area contributed by atoms with E-state index in [4.69, 9.17) is 37.4 Å². The molecule has 1 unspecified atom stereocenters. The molecule has 0 aromatic heterocycles. The molecule has 23 heavy (non-hydrogen) atoms. The van der Waals surface area contributed by atoms with Crippen LogP contribution in [0.4, 0.5) is 5.69 Å². The molecule has 1 aliphatic heterocycles. The Morgan fingerprint density at radius 2 is 1.52 bits per heavy atom. The SMILES string of the molecule is COc1ccc(N2C(c3ccc(OC)c(OC)c3)C2(Cl)Cl)cc1. The van der Waals surface area contributed by atoms with Crippen molar-refractivity contribution < 1.29 is 14.2 Å². The second-order valence-electron chi connectivity index (χ2n) is 5.17. The number of rotatable bonds is 5. The lowest BCUT2D eigenvalue weighted by Gasteiger charge is -2.10. The van der Waals surface area contributed by atoms with Crippen LogP contribution in [0.25, 0.3) is 0 Å². The van der Waals surface area contributed by atoms with Crippen molar-refractivity contribution in [1.82, 2.24) is 0 Å². The van der Waals surface area contributed by atoms with Crippen LogP contribution < -0.4 is 19.1 Å². The highest BCUT2D eigenvalue weighted by Gasteiger charge is 2.62. The van der Waals surface area contributed by atoms with Crippen molar-refractivity contribution in [2.45, 2.75) is 10.5 Å². The maximum atomic E-state index is 6.47. The van der Waals surface area contributed by atoms with Crippen LogP contribution >= 0.6 is 23.2 Å². The zero-order valence-electron chi connectivity index (χ0n) is 13.0. The smallest absolute Gasteiger partial charge is 0.215 e. The monoisotopic (exact) mass is 353 g/mol. The van der Waals surface area contributed by atoms with E-state index >= 15 is 0 Å². The predicted molar refractivity (Wildman–Crippen MR) is 92.2 cm³/mol. The number of methoxy groups -OCH3 is 3. The number of hydrogen-bond donors (Lipinski definition) is 0. The van der Waals surface area contributed by atoms with Crippen LogP contribution in [-0.2, 0) is 0 Å². The fraction of sp³-hybridized carbons (Fsp3) is 0.294. The summed E-state index contributed by atoms with van der Waals surface area (Å²) in [7, 11) is 4.84. The number of halogens is 2. The largest absolute Gasteiger partial charge is 0.497 e. The van der Waals surface area contributed by atoms with Crippen LogP contribution in [0.1, 0.15) is 11.6 Å². The van der Waals surface area contributed by atoms with Crippen molar-refractivity contribution in [3.63, 3.8) is 0 Å². The predicted octanol–water partition coefficient (Wildman–Crippen LogP) is 4.41. The Hall–Kier alpha value is -1.78. The first-order valence-corrected chi connectivity index (χ1v) is 7.81. The van der Waals surface area contributed by atoms with Gasteiger partial charge in [-0.2, -0.15) is 0 Å². The van der Waals surface area contributed by atoms with Crippen LogP contribution in [0.5, 0.6) is 17.2 Å². The summed E-state index contributed by atoms with van der Waals surface area (Å²) in [5.74, 6) is 2.10. The van der Waals surface area contributed by atoms with Crippen molar-refractivity contribution in [3.05, 3.63) is 48.0 Å². The maximum absolute atomic E-state index is 6.47. The molecule has 1 atom stereocenters. The molecule has 3 rings (SSSR count). The van der Waals surface area contributed by atoms with Gasteiger partial charge in [0.05, 0.1) is 21.3 Å². The lowest BCUT2D eigenvalue weighted by atomic mass is 10.1. The van der Waals surface area contributed by atoms with Crippen LogP contribution in [-0.4, -0.2) is 25.8 Å². The molecule has 0 radical (unpaired) electrons. The first-order valence-electron chi connectivity index (χ1n) is 7.06. The van der Waals surface area contributed by atoms with E-state index in [0.717, 1.165) is 17.0 Å². The molecule has 1 saturated heterocycles. The van der Waals surface area contributed by atoms with Gasteiger partial charge in [-0.05, 0) is 42.0 Å². The Morgan fingerprint density at radius 1 is 0.870 bits per heavy atom. The van der Waals surface area contributed by atoms with Gasteiger partial charge >= 0.3 is 0 Å². The van der Waals surface area contributed by atoms with Crippen LogP contribution in [0.3, 0.4) is 0 Å². The van der Waals surface area contributed by atoms with Gasteiger partial charge in [-0.15, -0.1) is 0 Å². The van der Waals surface area contributed by atoms with Gasteiger partial charge < -0.3 is 19.1 Å². The highest BCUT2D eigenvalue weighted by Crippen LogP contribution is 2.61. The molecule has 4 nitrogen and oxygen atoms in total. The van der Waals surface area contributed by atoms with Gasteiger partial charge in [-0.1, -0.05) is 29.3 Å². The Morgan fingerprint density at radius 3 is 2.09 bits per heavy atom. The number of alkyl halides is 2. The molecule has 0 N–H and O–H groups in total. The average molecular weight is 354 g/mol. The Balaban J connectivity index is 1.91. The second kappa shape index (κ2) is 6.02. The van der Waals surface area contributed by atoms with Crippen molar-refractivity contribution in [2.24, 2.45) is 0 Å². The molecule has 0 amide bonds. The first kappa shape index (κ1) is 16.1. The molecule has 0 bridgehead atoms. The highest BCUT2D eigenvalue weighted by atomic mass is 35.5. The summed E-state index contributed by atoms with van der Waals surface area (Å²) in [5, 5.41) is 0. The van der Waals surface area contributed by atoms with Gasteiger partial charge in [0.2, 0.25) is 4.46 Å². The zero-order chi connectivity index (χ0) is 16.6. The fourth-order valence-electron chi connectivity index (χ4n) is 2.68. The van der Waals surface area contributed by atoms with Gasteiger partial charge in [0.15, 0.2) is 11.5 Å². The Kier molecular flexibility index (Phi) is 4.21. The van der Waals surface area contributed by atoms with E-state index < -0.39 is 4.46 Å². The van der Waals surface area contributed by atoms with Crippen LogP contribution in [0.15, 0.2) is 42.5 Å². The minimum Gasteiger partial charge on any atom is -0.497 e. The number of hydrogen-bond acceptors (Lipinski definition) is 4. The second-order valence-corrected chi connectivity index (χ2v) is 6.52. The minimum atomic E-state index is -0.992. The molecule has 2 aromatic carbocycles. The third kappa shape index (κ3) is 2.77. The number of benzene rings is 2. The maximum Gasteiger partial charge on any atom is 0.215 e. The molecular formula is C17H17Cl2NO3. The molecule has 1 aliphatic rings. The zero-order valence-corrected chi connectivity index (χ0v) is 14.6. The molecule has 1 heterocycles. The van der Waals surface area contributed by atoms with E-state index in [9.17, 15) is 0 Å². The summed E-state index contributed by atoms with van der Waals surface area (Å²) in [4.78, 5) is 1.93. The fourth-order valence-corrected chi connectivity index (χ4v) is 3.42. The van der Waals surface area contributed by atoms with Crippen LogP contribution in [0.2, 0.25) is 0 Å². The number of nitrogens with zero attached hydrogens (tertiary/aromatic N) is 1. The third-order valence-corrected chi connectivity index (χ3v) is 4.69. The van der Waals surface area contributed by atoms with E-state index in [-0.39, 0.29) is 6.04 Å². The third-order valence-electron chi connectivity index (χ3n) is 3.91. The van der Waals surface area contributed by atoms with Gasteiger partial charge in [-0.3, -0.25) is 0 Å². The van der Waals surface area contributed by atoms with Gasteiger partial charge in [0.25, 0.3) is 0 Å². The molecule has 1 fully saturated rings. The van der Waals surface area contributed by atoms with Crippen molar-refractivity contribution in [2.75, 3.05) is 26.2 Å². The molecule has 6 heteroatoms. The van der Waals surface area contributed by atoms with E-state index in [1.165, 1.54) is 0 Å². The summed E-state index contributed by atoms with van der Waals surface area (Å²) in [6.07, 6.45) is 0. The van der Waals surface area contributed by atoms with Crippen molar-refractivity contribution in [3.8, 4) is 17.2 Å². The Bertz CT molecular complexity index is 703. The van der Waals surface area contributed by atoms with E-state index in [0.29, 0.717) is 11.5 Å². The summed E-state index contributed by atoms with van der Waals surface area (Å²) in [5.41, 5.74) is 1.89.